The molecule has 1 aliphatic heterocycles. The largest absolute Gasteiger partial charge is 0.337 e. The average molecular weight is 380 g/mol. The first-order valence-corrected chi connectivity index (χ1v) is 9.71. The minimum absolute atomic E-state index is 0.0203. The molecule has 6 heteroatoms. The molecule has 0 amide bonds. The normalized spacial score (nSPS) is 24.3. The van der Waals surface area contributed by atoms with E-state index in [2.05, 4.69) is 29.5 Å². The Kier molecular flexibility index (Phi) is 3.53. The van der Waals surface area contributed by atoms with Crippen LogP contribution in [0, 0.1) is 5.92 Å². The first kappa shape index (κ1) is 16.6. The van der Waals surface area contributed by atoms with Gasteiger partial charge >= 0.3 is 0 Å². The molecule has 27 heavy (non-hydrogen) atoms. The number of pyridine rings is 1. The summed E-state index contributed by atoms with van der Waals surface area (Å²) < 4.78 is 1.65. The Morgan fingerprint density at radius 1 is 1.37 bits per heavy atom. The molecule has 5 rings (SSSR count). The summed E-state index contributed by atoms with van der Waals surface area (Å²) in [6.45, 7) is 7.41. The molecule has 3 aromatic rings. The van der Waals surface area contributed by atoms with Crippen molar-refractivity contribution in [2.24, 2.45) is 5.92 Å². The van der Waals surface area contributed by atoms with Crippen molar-refractivity contribution in [3.05, 3.63) is 65.3 Å². The van der Waals surface area contributed by atoms with Gasteiger partial charge in [0.25, 0.3) is 0 Å². The van der Waals surface area contributed by atoms with Gasteiger partial charge in [0, 0.05) is 22.3 Å². The summed E-state index contributed by atoms with van der Waals surface area (Å²) in [6, 6.07) is 7.74. The van der Waals surface area contributed by atoms with Gasteiger partial charge in [0.2, 0.25) is 0 Å². The third-order valence-corrected chi connectivity index (χ3v) is 6.50. The number of anilines is 1. The number of benzene rings is 1. The number of fused-ring (bicyclic) bond motifs is 3. The van der Waals surface area contributed by atoms with Gasteiger partial charge in [-0.2, -0.15) is 0 Å². The standard InChI is InChI=1S/C21H22ClN5/c1-13-5-7-21(10-13)14(2)26(19-11-24-8-6-16(19)21)12-20-25-17-9-15(22)3-4-18(17)27(20)23/h3-4,6,8-9,11,13H,2,5,7,10,12,23H2,1H3. The molecule has 1 fully saturated rings. The van der Waals surface area contributed by atoms with Gasteiger partial charge in [0.15, 0.2) is 0 Å². The lowest BCUT2D eigenvalue weighted by atomic mass is 9.78. The fourth-order valence-corrected chi connectivity index (χ4v) is 5.09. The van der Waals surface area contributed by atoms with Gasteiger partial charge in [-0.25, -0.2) is 9.66 Å². The molecule has 1 aliphatic carbocycles. The van der Waals surface area contributed by atoms with Crippen LogP contribution in [-0.4, -0.2) is 14.6 Å². The van der Waals surface area contributed by atoms with Crippen LogP contribution in [0.3, 0.4) is 0 Å². The fraction of sp³-hybridized carbons (Fsp3) is 0.333. The Morgan fingerprint density at radius 3 is 3.00 bits per heavy atom. The van der Waals surface area contributed by atoms with Crippen molar-refractivity contribution in [2.45, 2.75) is 38.1 Å². The molecule has 3 heterocycles. The number of allylic oxidation sites excluding steroid dienone is 1. The van der Waals surface area contributed by atoms with Crippen molar-refractivity contribution in [2.75, 3.05) is 10.7 Å². The summed E-state index contributed by atoms with van der Waals surface area (Å²) in [6.07, 6.45) is 7.32. The van der Waals surface area contributed by atoms with Gasteiger partial charge in [0.05, 0.1) is 29.5 Å². The van der Waals surface area contributed by atoms with E-state index < -0.39 is 0 Å². The summed E-state index contributed by atoms with van der Waals surface area (Å²) in [5.74, 6) is 7.82. The van der Waals surface area contributed by atoms with E-state index in [0.717, 1.165) is 41.1 Å². The van der Waals surface area contributed by atoms with Crippen LogP contribution in [0.5, 0.6) is 0 Å². The third kappa shape index (κ3) is 2.31. The highest BCUT2D eigenvalue weighted by atomic mass is 35.5. The van der Waals surface area contributed by atoms with Gasteiger partial charge in [-0.3, -0.25) is 4.98 Å². The van der Waals surface area contributed by atoms with Crippen molar-refractivity contribution in [3.8, 4) is 0 Å². The first-order chi connectivity index (χ1) is 13.0. The smallest absolute Gasteiger partial charge is 0.148 e. The van der Waals surface area contributed by atoms with Crippen LogP contribution in [0.15, 0.2) is 48.9 Å². The number of nitrogens with two attached hydrogens (primary N) is 1. The van der Waals surface area contributed by atoms with Crippen LogP contribution in [-0.2, 0) is 12.0 Å². The van der Waals surface area contributed by atoms with Crippen LogP contribution in [0.4, 0.5) is 5.69 Å². The molecule has 5 nitrogen and oxygen atoms in total. The monoisotopic (exact) mass is 379 g/mol. The third-order valence-electron chi connectivity index (χ3n) is 6.27. The zero-order chi connectivity index (χ0) is 18.8. The minimum atomic E-state index is 0.0203. The lowest BCUT2D eigenvalue weighted by molar-refractivity contribution is 0.500. The van der Waals surface area contributed by atoms with Crippen LogP contribution in [0.1, 0.15) is 37.6 Å². The lowest BCUT2D eigenvalue weighted by Gasteiger charge is -2.29. The molecule has 0 bridgehead atoms. The molecule has 0 saturated heterocycles. The van der Waals surface area contributed by atoms with E-state index in [-0.39, 0.29) is 5.41 Å². The molecule has 2 aromatic heterocycles. The highest BCUT2D eigenvalue weighted by molar-refractivity contribution is 6.31. The molecule has 2 unspecified atom stereocenters. The van der Waals surface area contributed by atoms with E-state index >= 15 is 0 Å². The van der Waals surface area contributed by atoms with E-state index in [1.165, 1.54) is 12.0 Å². The molecule has 2 atom stereocenters. The second-order valence-electron chi connectivity index (χ2n) is 7.89. The van der Waals surface area contributed by atoms with E-state index in [1.807, 2.05) is 30.6 Å². The Morgan fingerprint density at radius 2 is 2.22 bits per heavy atom. The van der Waals surface area contributed by atoms with E-state index in [4.69, 9.17) is 22.4 Å². The summed E-state index contributed by atoms with van der Waals surface area (Å²) >= 11 is 6.11. The fourth-order valence-electron chi connectivity index (χ4n) is 4.92. The van der Waals surface area contributed by atoms with E-state index in [9.17, 15) is 0 Å². The average Bonchev–Trinajstić information content (AvgIpc) is 3.26. The van der Waals surface area contributed by atoms with Crippen molar-refractivity contribution >= 4 is 28.3 Å². The van der Waals surface area contributed by atoms with Crippen molar-refractivity contribution < 1.29 is 0 Å². The molecule has 2 N–H and O–H groups in total. The van der Waals surface area contributed by atoms with Gasteiger partial charge in [-0.15, -0.1) is 0 Å². The van der Waals surface area contributed by atoms with Gasteiger partial charge < -0.3 is 10.7 Å². The first-order valence-electron chi connectivity index (χ1n) is 9.33. The second-order valence-corrected chi connectivity index (χ2v) is 8.32. The Labute approximate surface area is 163 Å². The van der Waals surface area contributed by atoms with Crippen LogP contribution < -0.4 is 10.7 Å². The maximum Gasteiger partial charge on any atom is 0.148 e. The molecule has 138 valence electrons. The molecule has 1 spiro atoms. The number of hydrogen-bond acceptors (Lipinski definition) is 4. The lowest BCUT2D eigenvalue weighted by Crippen LogP contribution is -2.29. The predicted octanol–water partition coefficient (Wildman–Crippen LogP) is 4.39. The van der Waals surface area contributed by atoms with Gasteiger partial charge in [-0.05, 0) is 55.0 Å². The molecule has 0 radical (unpaired) electrons. The number of halogens is 1. The van der Waals surface area contributed by atoms with Gasteiger partial charge in [0.1, 0.15) is 5.82 Å². The zero-order valence-corrected chi connectivity index (χ0v) is 16.1. The van der Waals surface area contributed by atoms with Crippen LogP contribution >= 0.6 is 11.6 Å². The Hall–Kier alpha value is -2.53. The van der Waals surface area contributed by atoms with Crippen molar-refractivity contribution in [1.29, 1.82) is 0 Å². The zero-order valence-electron chi connectivity index (χ0n) is 15.3. The number of aromatic nitrogens is 3. The Bertz CT molecular complexity index is 1070. The maximum atomic E-state index is 6.34. The molecular weight excluding hydrogens is 358 g/mol. The molecule has 2 aliphatic rings. The highest BCUT2D eigenvalue weighted by Gasteiger charge is 2.49. The summed E-state index contributed by atoms with van der Waals surface area (Å²) in [5.41, 5.74) is 5.30. The number of imidazole rings is 1. The SMILES string of the molecule is C=C1N(Cc2nc3cc(Cl)ccc3n2N)c2cnccc2C12CCC(C)C2. The second kappa shape index (κ2) is 5.73. The van der Waals surface area contributed by atoms with Crippen LogP contribution in [0.25, 0.3) is 11.0 Å². The number of nitrogens with zero attached hydrogens (tertiary/aromatic N) is 4. The highest BCUT2D eigenvalue weighted by Crippen LogP contribution is 2.57. The van der Waals surface area contributed by atoms with Gasteiger partial charge in [-0.1, -0.05) is 25.1 Å². The quantitative estimate of drug-likeness (QED) is 0.671. The molecule has 1 saturated carbocycles. The summed E-state index contributed by atoms with van der Waals surface area (Å²) in [5, 5.41) is 0.658. The number of nitrogen functional groups attached to an aromatic ring is 1. The molecular formula is C21H22ClN5. The Balaban J connectivity index is 1.58. The topological polar surface area (TPSA) is 60.0 Å². The number of rotatable bonds is 2. The van der Waals surface area contributed by atoms with E-state index in [0.29, 0.717) is 17.5 Å². The summed E-state index contributed by atoms with van der Waals surface area (Å²) in [4.78, 5) is 11.3. The summed E-state index contributed by atoms with van der Waals surface area (Å²) in [7, 11) is 0. The minimum Gasteiger partial charge on any atom is -0.337 e. The predicted molar refractivity (Wildman–Crippen MR) is 109 cm³/mol. The maximum absolute atomic E-state index is 6.34. The number of hydrogen-bond donors (Lipinski definition) is 1. The van der Waals surface area contributed by atoms with Crippen LogP contribution in [0.2, 0.25) is 5.02 Å². The molecule has 1 aromatic carbocycles. The van der Waals surface area contributed by atoms with Crippen molar-refractivity contribution in [3.63, 3.8) is 0 Å². The van der Waals surface area contributed by atoms with E-state index in [1.54, 1.807) is 4.68 Å². The van der Waals surface area contributed by atoms with Crippen molar-refractivity contribution in [1.82, 2.24) is 14.6 Å².